The van der Waals surface area contributed by atoms with E-state index >= 15 is 0 Å². The molecule has 1 saturated heterocycles. The van der Waals surface area contributed by atoms with Crippen LogP contribution in [0.25, 0.3) is 0 Å². The Labute approximate surface area is 64.4 Å². The Morgan fingerprint density at radius 1 is 1.40 bits per heavy atom. The fourth-order valence-electron chi connectivity index (χ4n) is 1.77. The van der Waals surface area contributed by atoms with Crippen LogP contribution in [0.15, 0.2) is 0 Å². The van der Waals surface area contributed by atoms with Crippen molar-refractivity contribution < 1.29 is 0 Å². The average Bonchev–Trinajstić information content (AvgIpc) is 2.05. The molecule has 0 aromatic carbocycles. The van der Waals surface area contributed by atoms with Crippen molar-refractivity contribution in [3.8, 4) is 0 Å². The number of hydrogen-bond acceptors (Lipinski definition) is 1. The number of piperidine rings is 1. The van der Waals surface area contributed by atoms with E-state index < -0.39 is 0 Å². The van der Waals surface area contributed by atoms with Crippen LogP contribution >= 0.6 is 0 Å². The summed E-state index contributed by atoms with van der Waals surface area (Å²) in [6, 6.07) is 0. The van der Waals surface area contributed by atoms with Crippen LogP contribution in [0.5, 0.6) is 0 Å². The molecule has 0 amide bonds. The van der Waals surface area contributed by atoms with Crippen molar-refractivity contribution in [3.05, 3.63) is 0 Å². The molecule has 1 heterocycles. The lowest BCUT2D eigenvalue weighted by Crippen LogP contribution is -2.34. The quantitative estimate of drug-likeness (QED) is 0.569. The molecule has 0 aromatic heterocycles. The van der Waals surface area contributed by atoms with Gasteiger partial charge in [-0.2, -0.15) is 0 Å². The van der Waals surface area contributed by atoms with Gasteiger partial charge in [-0.3, -0.25) is 0 Å². The molecule has 1 aliphatic rings. The van der Waals surface area contributed by atoms with Crippen LogP contribution in [0, 0.1) is 5.92 Å². The van der Waals surface area contributed by atoms with Gasteiger partial charge in [-0.05, 0) is 31.8 Å². The Morgan fingerprint density at radius 3 is 2.80 bits per heavy atom. The predicted octanol–water partition coefficient (Wildman–Crippen LogP) is 2.13. The van der Waals surface area contributed by atoms with Gasteiger partial charge in [-0.15, -0.1) is 0 Å². The number of rotatable bonds is 2. The molecule has 60 valence electrons. The summed E-state index contributed by atoms with van der Waals surface area (Å²) in [6.07, 6.45) is 4.26. The molecule has 0 spiro atoms. The molecule has 1 nitrogen and oxygen atoms in total. The monoisotopic (exact) mass is 141 g/mol. The van der Waals surface area contributed by atoms with E-state index in [1.165, 1.54) is 38.9 Å². The average molecular weight is 141 g/mol. The molecule has 0 saturated carbocycles. The van der Waals surface area contributed by atoms with Gasteiger partial charge in [-0.1, -0.05) is 20.3 Å². The predicted molar refractivity (Wildman–Crippen MR) is 45.1 cm³/mol. The summed E-state index contributed by atoms with van der Waals surface area (Å²) < 4.78 is 0. The van der Waals surface area contributed by atoms with Gasteiger partial charge in [0.05, 0.1) is 0 Å². The zero-order chi connectivity index (χ0) is 7.40. The second-order valence-electron chi connectivity index (χ2n) is 3.31. The highest BCUT2D eigenvalue weighted by atomic mass is 15.1. The fourth-order valence-corrected chi connectivity index (χ4v) is 1.77. The van der Waals surface area contributed by atoms with Crippen molar-refractivity contribution in [2.75, 3.05) is 19.6 Å². The van der Waals surface area contributed by atoms with Crippen molar-refractivity contribution in [1.82, 2.24) is 4.90 Å². The summed E-state index contributed by atoms with van der Waals surface area (Å²) >= 11 is 0. The summed E-state index contributed by atoms with van der Waals surface area (Å²) in [6.45, 7) is 8.51. The molecule has 0 bridgehead atoms. The lowest BCUT2D eigenvalue weighted by Gasteiger charge is -2.31. The normalized spacial score (nSPS) is 28.8. The highest BCUT2D eigenvalue weighted by molar-refractivity contribution is 4.70. The standard InChI is InChI=1S/C9H19N/c1-3-9-6-5-7-10(4-2)8-9/h9H,3-8H2,1-2H3/t9-/m1/s1. The van der Waals surface area contributed by atoms with Crippen LogP contribution < -0.4 is 0 Å². The lowest BCUT2D eigenvalue weighted by atomic mass is 9.96. The van der Waals surface area contributed by atoms with Crippen molar-refractivity contribution in [2.24, 2.45) is 5.92 Å². The molecular formula is C9H19N. The Hall–Kier alpha value is -0.0400. The highest BCUT2D eigenvalue weighted by Gasteiger charge is 2.15. The molecule has 0 aromatic rings. The van der Waals surface area contributed by atoms with Gasteiger partial charge >= 0.3 is 0 Å². The van der Waals surface area contributed by atoms with Crippen molar-refractivity contribution in [2.45, 2.75) is 33.1 Å². The lowest BCUT2D eigenvalue weighted by molar-refractivity contribution is 0.179. The Morgan fingerprint density at radius 2 is 2.20 bits per heavy atom. The van der Waals surface area contributed by atoms with Gasteiger partial charge in [-0.25, -0.2) is 0 Å². The summed E-state index contributed by atoms with van der Waals surface area (Å²) in [5.41, 5.74) is 0. The number of hydrogen-bond donors (Lipinski definition) is 0. The first kappa shape index (κ1) is 8.06. The van der Waals surface area contributed by atoms with Crippen LogP contribution in [-0.2, 0) is 0 Å². The first-order valence-corrected chi connectivity index (χ1v) is 4.59. The smallest absolute Gasteiger partial charge is 0.000945 e. The minimum Gasteiger partial charge on any atom is -0.303 e. The third-order valence-electron chi connectivity index (χ3n) is 2.63. The maximum absolute atomic E-state index is 2.57. The van der Waals surface area contributed by atoms with Crippen LogP contribution in [0.2, 0.25) is 0 Å². The molecule has 1 rings (SSSR count). The first-order valence-electron chi connectivity index (χ1n) is 4.59. The van der Waals surface area contributed by atoms with E-state index in [-0.39, 0.29) is 0 Å². The Balaban J connectivity index is 2.25. The van der Waals surface area contributed by atoms with E-state index in [1.54, 1.807) is 0 Å². The van der Waals surface area contributed by atoms with Crippen molar-refractivity contribution in [1.29, 1.82) is 0 Å². The van der Waals surface area contributed by atoms with Crippen LogP contribution in [0.3, 0.4) is 0 Å². The van der Waals surface area contributed by atoms with Crippen LogP contribution in [-0.4, -0.2) is 24.5 Å². The largest absolute Gasteiger partial charge is 0.303 e. The van der Waals surface area contributed by atoms with E-state index in [2.05, 4.69) is 18.7 Å². The van der Waals surface area contributed by atoms with E-state index in [9.17, 15) is 0 Å². The maximum Gasteiger partial charge on any atom is 0.000945 e. The van der Waals surface area contributed by atoms with Crippen molar-refractivity contribution in [3.63, 3.8) is 0 Å². The zero-order valence-corrected chi connectivity index (χ0v) is 7.27. The zero-order valence-electron chi connectivity index (χ0n) is 7.27. The summed E-state index contributed by atoms with van der Waals surface area (Å²) in [5.74, 6) is 0.994. The molecule has 1 heteroatoms. The number of likely N-dealkylation sites (tertiary alicyclic amines) is 1. The van der Waals surface area contributed by atoms with Gasteiger partial charge in [0.25, 0.3) is 0 Å². The minimum absolute atomic E-state index is 0.994. The van der Waals surface area contributed by atoms with Gasteiger partial charge in [0.1, 0.15) is 0 Å². The molecule has 1 fully saturated rings. The van der Waals surface area contributed by atoms with Gasteiger partial charge < -0.3 is 4.90 Å². The van der Waals surface area contributed by atoms with E-state index in [0.29, 0.717) is 0 Å². The maximum atomic E-state index is 2.57. The summed E-state index contributed by atoms with van der Waals surface area (Å²) in [7, 11) is 0. The Bertz CT molecular complexity index is 80.7. The van der Waals surface area contributed by atoms with E-state index in [0.717, 1.165) is 5.92 Å². The Kier molecular flexibility index (Phi) is 3.20. The third-order valence-corrected chi connectivity index (χ3v) is 2.63. The van der Waals surface area contributed by atoms with Gasteiger partial charge in [0.2, 0.25) is 0 Å². The van der Waals surface area contributed by atoms with Crippen molar-refractivity contribution >= 4 is 0 Å². The molecular weight excluding hydrogens is 122 g/mol. The second-order valence-corrected chi connectivity index (χ2v) is 3.31. The minimum atomic E-state index is 0.994. The van der Waals surface area contributed by atoms with Crippen LogP contribution in [0.4, 0.5) is 0 Å². The molecule has 0 aliphatic carbocycles. The molecule has 10 heavy (non-hydrogen) atoms. The molecule has 1 aliphatic heterocycles. The van der Waals surface area contributed by atoms with Gasteiger partial charge in [0.15, 0.2) is 0 Å². The van der Waals surface area contributed by atoms with E-state index in [4.69, 9.17) is 0 Å². The number of nitrogens with zero attached hydrogens (tertiary/aromatic N) is 1. The topological polar surface area (TPSA) is 3.24 Å². The summed E-state index contributed by atoms with van der Waals surface area (Å²) in [5, 5.41) is 0. The van der Waals surface area contributed by atoms with Crippen LogP contribution in [0.1, 0.15) is 33.1 Å². The highest BCUT2D eigenvalue weighted by Crippen LogP contribution is 2.18. The first-order chi connectivity index (χ1) is 4.86. The van der Waals surface area contributed by atoms with Gasteiger partial charge in [0, 0.05) is 6.54 Å². The third kappa shape index (κ3) is 1.98. The molecule has 1 atom stereocenters. The second kappa shape index (κ2) is 3.97. The summed E-state index contributed by atoms with van der Waals surface area (Å²) in [4.78, 5) is 2.57. The molecule has 0 unspecified atom stereocenters. The SMILES string of the molecule is CC[C@@H]1CCCN(CC)C1. The molecule has 0 N–H and O–H groups in total. The molecule has 0 radical (unpaired) electrons. The van der Waals surface area contributed by atoms with E-state index in [1.807, 2.05) is 0 Å². The fraction of sp³-hybridized carbons (Fsp3) is 1.00.